The maximum atomic E-state index is 14.1. The van der Waals surface area contributed by atoms with Crippen molar-refractivity contribution in [2.75, 3.05) is 30.7 Å². The fourth-order valence-corrected chi connectivity index (χ4v) is 3.03. The van der Waals surface area contributed by atoms with E-state index in [1.807, 2.05) is 19.9 Å². The molecule has 2 heterocycles. The number of ether oxygens (including phenoxy) is 1. The molecular formula is C18H26Cl2FN5O. The van der Waals surface area contributed by atoms with Crippen molar-refractivity contribution in [3.8, 4) is 5.75 Å². The second kappa shape index (κ2) is 10.5. The number of nitrogens with zero attached hydrogens (tertiary/aromatic N) is 2. The van der Waals surface area contributed by atoms with E-state index in [4.69, 9.17) is 10.5 Å². The van der Waals surface area contributed by atoms with Crippen LogP contribution in [0.2, 0.25) is 0 Å². The molecule has 0 saturated carbocycles. The number of nitrogen functional groups attached to an aromatic ring is 1. The molecule has 150 valence electrons. The van der Waals surface area contributed by atoms with E-state index in [1.165, 1.54) is 6.07 Å². The minimum Gasteiger partial charge on any atom is -0.491 e. The van der Waals surface area contributed by atoms with Gasteiger partial charge in [0.25, 0.3) is 0 Å². The summed E-state index contributed by atoms with van der Waals surface area (Å²) < 4.78 is 19.4. The predicted octanol–water partition coefficient (Wildman–Crippen LogP) is 3.30. The van der Waals surface area contributed by atoms with E-state index in [9.17, 15) is 4.39 Å². The van der Waals surface area contributed by atoms with Crippen molar-refractivity contribution in [2.45, 2.75) is 32.7 Å². The summed E-state index contributed by atoms with van der Waals surface area (Å²) in [4.78, 5) is 8.74. The highest BCUT2D eigenvalue weighted by Crippen LogP contribution is 2.27. The Labute approximate surface area is 171 Å². The molecule has 0 amide bonds. The number of anilines is 2. The Morgan fingerprint density at radius 3 is 2.70 bits per heavy atom. The van der Waals surface area contributed by atoms with Crippen molar-refractivity contribution < 1.29 is 9.13 Å². The summed E-state index contributed by atoms with van der Waals surface area (Å²) >= 11 is 0. The van der Waals surface area contributed by atoms with Crippen LogP contribution in [0.15, 0.2) is 18.2 Å². The maximum absolute atomic E-state index is 14.1. The van der Waals surface area contributed by atoms with E-state index >= 15 is 0 Å². The molecule has 9 heteroatoms. The SMILES string of the molecule is CCOc1ccc(C(C)Nc2nc(N)nc3c2CCNCC3)cc1F.Cl.Cl. The van der Waals surface area contributed by atoms with Crippen molar-refractivity contribution in [2.24, 2.45) is 0 Å². The van der Waals surface area contributed by atoms with Crippen LogP contribution in [0.4, 0.5) is 16.2 Å². The number of halogens is 3. The molecule has 2 aromatic rings. The second-order valence-electron chi connectivity index (χ2n) is 6.09. The topological polar surface area (TPSA) is 85.1 Å². The first-order valence-corrected chi connectivity index (χ1v) is 8.63. The first-order chi connectivity index (χ1) is 12.1. The van der Waals surface area contributed by atoms with Crippen molar-refractivity contribution in [3.63, 3.8) is 0 Å². The van der Waals surface area contributed by atoms with Crippen molar-refractivity contribution in [1.82, 2.24) is 15.3 Å². The smallest absolute Gasteiger partial charge is 0.222 e. The third-order valence-electron chi connectivity index (χ3n) is 4.31. The zero-order chi connectivity index (χ0) is 17.8. The molecule has 1 aliphatic rings. The number of benzene rings is 1. The predicted molar refractivity (Wildman–Crippen MR) is 111 cm³/mol. The van der Waals surface area contributed by atoms with Crippen LogP contribution in [0.3, 0.4) is 0 Å². The zero-order valence-electron chi connectivity index (χ0n) is 15.4. The van der Waals surface area contributed by atoms with Gasteiger partial charge in [-0.2, -0.15) is 4.98 Å². The maximum Gasteiger partial charge on any atom is 0.222 e. The number of hydrogen-bond donors (Lipinski definition) is 3. The normalized spacial score (nSPS) is 14.0. The molecule has 3 rings (SSSR count). The highest BCUT2D eigenvalue weighted by molar-refractivity contribution is 5.85. The highest BCUT2D eigenvalue weighted by Gasteiger charge is 2.18. The molecule has 0 radical (unpaired) electrons. The van der Waals surface area contributed by atoms with Crippen molar-refractivity contribution in [3.05, 3.63) is 40.8 Å². The molecule has 1 aromatic heterocycles. The van der Waals surface area contributed by atoms with Crippen LogP contribution in [0.1, 0.15) is 36.7 Å². The fourth-order valence-electron chi connectivity index (χ4n) is 3.03. The summed E-state index contributed by atoms with van der Waals surface area (Å²) in [6, 6.07) is 4.88. The van der Waals surface area contributed by atoms with Crippen LogP contribution in [0.25, 0.3) is 0 Å². The molecule has 1 unspecified atom stereocenters. The molecule has 27 heavy (non-hydrogen) atoms. The molecule has 0 bridgehead atoms. The van der Waals surface area contributed by atoms with Crippen LogP contribution < -0.4 is 21.1 Å². The van der Waals surface area contributed by atoms with Crippen LogP contribution in [0.5, 0.6) is 5.75 Å². The van der Waals surface area contributed by atoms with Crippen molar-refractivity contribution in [1.29, 1.82) is 0 Å². The van der Waals surface area contributed by atoms with Gasteiger partial charge in [0.15, 0.2) is 11.6 Å². The summed E-state index contributed by atoms with van der Waals surface area (Å²) in [5.74, 6) is 0.893. The Kier molecular flexibility index (Phi) is 9.02. The van der Waals surface area contributed by atoms with Gasteiger partial charge in [-0.05, 0) is 44.5 Å². The minimum atomic E-state index is -0.363. The average molecular weight is 418 g/mol. The standard InChI is InChI=1S/C18H24FN5O.2ClH/c1-3-25-16-5-4-12(10-14(16)19)11(2)22-17-13-6-8-21-9-7-15(13)23-18(20)24-17;;/h4-5,10-11,21H,3,6-9H2,1-2H3,(H3,20,22,23,24);2*1H. The Morgan fingerprint density at radius 2 is 2.00 bits per heavy atom. The van der Waals surface area contributed by atoms with Gasteiger partial charge >= 0.3 is 0 Å². The van der Waals surface area contributed by atoms with Crippen LogP contribution in [-0.2, 0) is 12.8 Å². The second-order valence-corrected chi connectivity index (χ2v) is 6.09. The Bertz CT molecular complexity index is 763. The van der Waals surface area contributed by atoms with Gasteiger partial charge in [-0.3, -0.25) is 0 Å². The Hall–Kier alpha value is -1.83. The lowest BCUT2D eigenvalue weighted by atomic mass is 10.1. The van der Waals surface area contributed by atoms with Crippen molar-refractivity contribution >= 4 is 36.6 Å². The third-order valence-corrected chi connectivity index (χ3v) is 4.31. The van der Waals surface area contributed by atoms with Gasteiger partial charge in [-0.15, -0.1) is 24.8 Å². The van der Waals surface area contributed by atoms with Gasteiger partial charge in [0.05, 0.1) is 18.3 Å². The lowest BCUT2D eigenvalue weighted by molar-refractivity contribution is 0.321. The molecule has 1 aromatic carbocycles. The van der Waals surface area contributed by atoms with Gasteiger partial charge < -0.3 is 21.1 Å². The number of nitrogens with two attached hydrogens (primary N) is 1. The van der Waals surface area contributed by atoms with E-state index in [0.717, 1.165) is 48.6 Å². The summed E-state index contributed by atoms with van der Waals surface area (Å²) in [6.07, 6.45) is 1.66. The molecule has 0 saturated heterocycles. The Morgan fingerprint density at radius 1 is 1.26 bits per heavy atom. The quantitative estimate of drug-likeness (QED) is 0.691. The monoisotopic (exact) mass is 417 g/mol. The summed E-state index contributed by atoms with van der Waals surface area (Å²) in [5.41, 5.74) is 8.74. The first-order valence-electron chi connectivity index (χ1n) is 8.63. The zero-order valence-corrected chi connectivity index (χ0v) is 17.1. The Balaban J connectivity index is 0.00000182. The van der Waals surface area contributed by atoms with E-state index in [1.54, 1.807) is 6.07 Å². The number of fused-ring (bicyclic) bond motifs is 1. The largest absolute Gasteiger partial charge is 0.491 e. The third kappa shape index (κ3) is 5.57. The number of aromatic nitrogens is 2. The summed E-state index contributed by atoms with van der Waals surface area (Å²) in [5, 5.41) is 6.72. The van der Waals surface area contributed by atoms with Crippen LogP contribution >= 0.6 is 24.8 Å². The summed E-state index contributed by atoms with van der Waals surface area (Å²) in [7, 11) is 0. The number of hydrogen-bond acceptors (Lipinski definition) is 6. The van der Waals surface area contributed by atoms with Gasteiger partial charge in [0, 0.05) is 18.5 Å². The van der Waals surface area contributed by atoms with E-state index in [-0.39, 0.29) is 48.4 Å². The molecule has 4 N–H and O–H groups in total. The molecule has 0 fully saturated rings. The fraction of sp³-hybridized carbons (Fsp3) is 0.444. The van der Waals surface area contributed by atoms with Gasteiger partial charge in [-0.25, -0.2) is 9.37 Å². The molecular weight excluding hydrogens is 392 g/mol. The molecule has 1 atom stereocenters. The summed E-state index contributed by atoms with van der Waals surface area (Å²) in [6.45, 7) is 5.99. The lowest BCUT2D eigenvalue weighted by Gasteiger charge is -2.19. The van der Waals surface area contributed by atoms with Gasteiger partial charge in [-0.1, -0.05) is 6.07 Å². The minimum absolute atomic E-state index is 0. The van der Waals surface area contributed by atoms with Gasteiger partial charge in [0.2, 0.25) is 5.95 Å². The van der Waals surface area contributed by atoms with Crippen LogP contribution in [0, 0.1) is 5.82 Å². The molecule has 1 aliphatic heterocycles. The molecule has 0 spiro atoms. The van der Waals surface area contributed by atoms with Crippen LogP contribution in [-0.4, -0.2) is 29.7 Å². The molecule has 6 nitrogen and oxygen atoms in total. The number of rotatable bonds is 5. The van der Waals surface area contributed by atoms with Gasteiger partial charge in [0.1, 0.15) is 5.82 Å². The van der Waals surface area contributed by atoms with E-state index in [2.05, 4.69) is 20.6 Å². The highest BCUT2D eigenvalue weighted by atomic mass is 35.5. The first kappa shape index (κ1) is 23.2. The average Bonchev–Trinajstić information content (AvgIpc) is 2.82. The van der Waals surface area contributed by atoms with E-state index < -0.39 is 0 Å². The number of nitrogens with one attached hydrogen (secondary N) is 2. The lowest BCUT2D eigenvalue weighted by Crippen LogP contribution is -2.16. The van der Waals surface area contributed by atoms with E-state index in [0.29, 0.717) is 6.61 Å². The molecule has 0 aliphatic carbocycles.